The molecule has 0 fully saturated rings. The second-order valence-electron chi connectivity index (χ2n) is 10.1. The average Bonchev–Trinajstić information content (AvgIpc) is 2.64. The van der Waals surface area contributed by atoms with E-state index in [0.29, 0.717) is 25.4 Å². The van der Waals surface area contributed by atoms with Crippen molar-refractivity contribution in [1.29, 1.82) is 0 Å². The van der Waals surface area contributed by atoms with Crippen LogP contribution < -0.4 is 15.8 Å². The average molecular weight is 465 g/mol. The molecule has 0 spiro atoms. The Labute approximate surface area is 197 Å². The van der Waals surface area contributed by atoms with Crippen molar-refractivity contribution in [2.45, 2.75) is 85.4 Å². The van der Waals surface area contributed by atoms with E-state index in [1.54, 1.807) is 20.8 Å². The van der Waals surface area contributed by atoms with Gasteiger partial charge in [-0.1, -0.05) is 39.8 Å². The summed E-state index contributed by atoms with van der Waals surface area (Å²) in [6.45, 7) is 13.8. The fourth-order valence-corrected chi connectivity index (χ4v) is 2.93. The molecule has 0 saturated carbocycles. The Hall–Kier alpha value is -2.61. The molecule has 1 rings (SSSR count). The summed E-state index contributed by atoms with van der Waals surface area (Å²) in [4.78, 5) is 36.8. The molecule has 186 valence electrons. The molecule has 0 aliphatic rings. The second kappa shape index (κ2) is 13.2. The molecule has 0 aromatic heterocycles. The summed E-state index contributed by atoms with van der Waals surface area (Å²) in [7, 11) is 0. The van der Waals surface area contributed by atoms with Crippen molar-refractivity contribution in [2.24, 2.45) is 17.6 Å². The summed E-state index contributed by atoms with van der Waals surface area (Å²) in [5.74, 6) is -0.254. The third-order valence-corrected chi connectivity index (χ3v) is 4.33. The maximum Gasteiger partial charge on any atom is 0.408 e. The number of nitrogens with two attached hydrogens (primary N) is 1. The predicted molar refractivity (Wildman–Crippen MR) is 127 cm³/mol. The molecule has 2 atom stereocenters. The minimum absolute atomic E-state index is 0.0855. The number of rotatable bonds is 11. The highest BCUT2D eigenvalue weighted by Crippen LogP contribution is 2.15. The second-order valence-corrected chi connectivity index (χ2v) is 10.1. The molecule has 0 aliphatic heterocycles. The van der Waals surface area contributed by atoms with Crippen molar-refractivity contribution >= 4 is 18.0 Å². The summed E-state index contributed by atoms with van der Waals surface area (Å²) in [6.07, 6.45) is -0.116. The zero-order chi connectivity index (χ0) is 25.2. The normalized spacial score (nSPS) is 13.4. The van der Waals surface area contributed by atoms with E-state index in [2.05, 4.69) is 19.2 Å². The van der Waals surface area contributed by atoms with Gasteiger partial charge in [0.1, 0.15) is 17.4 Å². The molecule has 0 saturated heterocycles. The lowest BCUT2D eigenvalue weighted by Crippen LogP contribution is -2.45. The first-order valence-corrected chi connectivity index (χ1v) is 11.5. The van der Waals surface area contributed by atoms with Gasteiger partial charge in [0, 0.05) is 6.04 Å². The SMILES string of the molecule is CC(C)COc1ccc(CC(N)CC(=O)OC(=O)C(CC(C)C)NC(=O)OC(C)(C)C)cc1. The van der Waals surface area contributed by atoms with E-state index in [1.165, 1.54) is 0 Å². The number of benzene rings is 1. The third kappa shape index (κ3) is 12.9. The van der Waals surface area contributed by atoms with Gasteiger partial charge < -0.3 is 25.3 Å². The van der Waals surface area contributed by atoms with E-state index < -0.39 is 35.7 Å². The van der Waals surface area contributed by atoms with Crippen molar-refractivity contribution in [3.63, 3.8) is 0 Å². The fourth-order valence-electron chi connectivity index (χ4n) is 2.93. The number of hydrogen-bond donors (Lipinski definition) is 2. The van der Waals surface area contributed by atoms with E-state index in [9.17, 15) is 14.4 Å². The highest BCUT2D eigenvalue weighted by Gasteiger charge is 2.28. The van der Waals surface area contributed by atoms with E-state index in [1.807, 2.05) is 38.1 Å². The van der Waals surface area contributed by atoms with Crippen LogP contribution in [0, 0.1) is 11.8 Å². The number of amides is 1. The van der Waals surface area contributed by atoms with E-state index in [-0.39, 0.29) is 12.3 Å². The van der Waals surface area contributed by atoms with Gasteiger partial charge >= 0.3 is 18.0 Å². The van der Waals surface area contributed by atoms with Gasteiger partial charge in [0.15, 0.2) is 0 Å². The Balaban J connectivity index is 2.59. The van der Waals surface area contributed by atoms with E-state index >= 15 is 0 Å². The first-order valence-electron chi connectivity index (χ1n) is 11.5. The van der Waals surface area contributed by atoms with Crippen LogP contribution in [0.25, 0.3) is 0 Å². The number of alkyl carbamates (subject to hydrolysis) is 1. The number of hydrogen-bond acceptors (Lipinski definition) is 7. The van der Waals surface area contributed by atoms with Crippen LogP contribution in [0.2, 0.25) is 0 Å². The Morgan fingerprint density at radius 3 is 2.12 bits per heavy atom. The van der Waals surface area contributed by atoms with Crippen LogP contribution in [0.3, 0.4) is 0 Å². The number of nitrogens with one attached hydrogen (secondary N) is 1. The molecule has 0 heterocycles. The van der Waals surface area contributed by atoms with Crippen molar-refractivity contribution < 1.29 is 28.6 Å². The van der Waals surface area contributed by atoms with Gasteiger partial charge in [0.05, 0.1) is 13.0 Å². The zero-order valence-electron chi connectivity index (χ0n) is 21.0. The van der Waals surface area contributed by atoms with Gasteiger partial charge in [0.25, 0.3) is 0 Å². The lowest BCUT2D eigenvalue weighted by atomic mass is 10.0. The molecule has 0 radical (unpaired) electrons. The third-order valence-electron chi connectivity index (χ3n) is 4.33. The van der Waals surface area contributed by atoms with Crippen LogP contribution in [-0.4, -0.2) is 42.3 Å². The first-order chi connectivity index (χ1) is 15.2. The topological polar surface area (TPSA) is 117 Å². The number of carbonyl (C=O) groups excluding carboxylic acids is 3. The monoisotopic (exact) mass is 464 g/mol. The summed E-state index contributed by atoms with van der Waals surface area (Å²) in [5, 5.41) is 2.49. The Morgan fingerprint density at radius 2 is 1.61 bits per heavy atom. The molecule has 1 aromatic carbocycles. The van der Waals surface area contributed by atoms with Crippen LogP contribution in [-0.2, 0) is 25.5 Å². The van der Waals surface area contributed by atoms with Crippen LogP contribution in [0.15, 0.2) is 24.3 Å². The van der Waals surface area contributed by atoms with Gasteiger partial charge in [0.2, 0.25) is 0 Å². The van der Waals surface area contributed by atoms with Gasteiger partial charge in [-0.25, -0.2) is 9.59 Å². The van der Waals surface area contributed by atoms with Crippen molar-refractivity contribution in [3.05, 3.63) is 29.8 Å². The van der Waals surface area contributed by atoms with Gasteiger partial charge in [-0.3, -0.25) is 4.79 Å². The lowest BCUT2D eigenvalue weighted by molar-refractivity contribution is -0.161. The van der Waals surface area contributed by atoms with Gasteiger partial charge in [-0.15, -0.1) is 0 Å². The number of ether oxygens (including phenoxy) is 3. The lowest BCUT2D eigenvalue weighted by Gasteiger charge is -2.23. The Kier molecular flexibility index (Phi) is 11.4. The van der Waals surface area contributed by atoms with E-state index in [4.69, 9.17) is 19.9 Å². The van der Waals surface area contributed by atoms with Crippen LogP contribution in [0.1, 0.15) is 66.9 Å². The number of esters is 2. The molecule has 8 heteroatoms. The minimum Gasteiger partial charge on any atom is -0.493 e. The maximum absolute atomic E-state index is 12.5. The molecule has 8 nitrogen and oxygen atoms in total. The van der Waals surface area contributed by atoms with E-state index in [0.717, 1.165) is 11.3 Å². The maximum atomic E-state index is 12.5. The quantitative estimate of drug-likeness (QED) is 0.376. The van der Waals surface area contributed by atoms with Crippen LogP contribution in [0.4, 0.5) is 4.79 Å². The van der Waals surface area contributed by atoms with Gasteiger partial charge in [-0.2, -0.15) is 0 Å². The molecule has 0 bridgehead atoms. The predicted octanol–water partition coefficient (Wildman–Crippen LogP) is 3.99. The Morgan fingerprint density at radius 1 is 1.00 bits per heavy atom. The highest BCUT2D eigenvalue weighted by molar-refractivity contribution is 5.90. The minimum atomic E-state index is -0.988. The van der Waals surface area contributed by atoms with Gasteiger partial charge in [-0.05, 0) is 63.1 Å². The van der Waals surface area contributed by atoms with Crippen LogP contribution in [0.5, 0.6) is 5.75 Å². The largest absolute Gasteiger partial charge is 0.493 e. The molecular weight excluding hydrogens is 424 g/mol. The zero-order valence-corrected chi connectivity index (χ0v) is 21.0. The molecule has 1 amide bonds. The molecule has 2 unspecified atom stereocenters. The number of carbonyl (C=O) groups is 3. The summed E-state index contributed by atoms with van der Waals surface area (Å²) in [6, 6.07) is 6.02. The molecule has 33 heavy (non-hydrogen) atoms. The smallest absolute Gasteiger partial charge is 0.408 e. The summed E-state index contributed by atoms with van der Waals surface area (Å²) >= 11 is 0. The summed E-state index contributed by atoms with van der Waals surface area (Å²) in [5.41, 5.74) is 6.33. The molecule has 0 aliphatic carbocycles. The Bertz CT molecular complexity index is 768. The van der Waals surface area contributed by atoms with Crippen LogP contribution >= 0.6 is 0 Å². The molecule has 3 N–H and O–H groups in total. The van der Waals surface area contributed by atoms with Crippen molar-refractivity contribution in [3.8, 4) is 5.75 Å². The highest BCUT2D eigenvalue weighted by atomic mass is 16.6. The molecule has 1 aromatic rings. The molecular formula is C25H40N2O6. The summed E-state index contributed by atoms with van der Waals surface area (Å²) < 4.78 is 15.8. The van der Waals surface area contributed by atoms with Crippen molar-refractivity contribution in [2.75, 3.05) is 6.61 Å². The van der Waals surface area contributed by atoms with Crippen molar-refractivity contribution in [1.82, 2.24) is 5.32 Å². The standard InChI is InChI=1S/C25H40N2O6/c1-16(2)12-21(27-24(30)33-25(5,6)7)23(29)32-22(28)14-19(26)13-18-8-10-20(11-9-18)31-15-17(3)4/h8-11,16-17,19,21H,12-15,26H2,1-7H3,(H,27,30). The fraction of sp³-hybridized carbons (Fsp3) is 0.640. The first kappa shape index (κ1) is 28.4.